The molecular weight excluding hydrogens is 308 g/mol. The van der Waals surface area contributed by atoms with E-state index in [1.165, 1.54) is 17.0 Å². The molecule has 1 atom stereocenters. The van der Waals surface area contributed by atoms with Gasteiger partial charge in [0.2, 0.25) is 9.84 Å². The summed E-state index contributed by atoms with van der Waals surface area (Å²) in [5, 5.41) is 9.11. The highest BCUT2D eigenvalue weighted by atomic mass is 32.2. The fourth-order valence-corrected chi connectivity index (χ4v) is 2.77. The third-order valence-corrected chi connectivity index (χ3v) is 4.54. The minimum absolute atomic E-state index is 0.00637. The lowest BCUT2D eigenvalue weighted by Gasteiger charge is -2.34. The molecule has 1 aromatic rings. The van der Waals surface area contributed by atoms with Gasteiger partial charge in [0.05, 0.1) is 18.1 Å². The van der Waals surface area contributed by atoms with E-state index in [9.17, 15) is 22.0 Å². The van der Waals surface area contributed by atoms with Crippen LogP contribution in [-0.4, -0.2) is 51.1 Å². The van der Waals surface area contributed by atoms with E-state index in [2.05, 4.69) is 0 Å². The molecule has 1 aliphatic heterocycles. The number of alkyl halides is 2. The number of halogens is 2. The van der Waals surface area contributed by atoms with Crippen molar-refractivity contribution in [1.82, 2.24) is 0 Å². The number of aliphatic carboxylic acids is 1. The first kappa shape index (κ1) is 15.6. The monoisotopic (exact) mass is 321 g/mol. The third kappa shape index (κ3) is 3.13. The van der Waals surface area contributed by atoms with Crippen LogP contribution in [0.5, 0.6) is 0 Å². The van der Waals surface area contributed by atoms with Gasteiger partial charge in [0, 0.05) is 12.2 Å². The number of hydrogen-bond acceptors (Lipinski definition) is 5. The standard InChI is InChI=1S/C12H13F2NO5S/c13-12(14)21(18,19)9-3-1-8(2-4-9)15-5-6-20-7-10(15)11(16)17/h1-4,10,12H,5-7H2,(H,16,17). The van der Waals surface area contributed by atoms with Crippen molar-refractivity contribution in [2.45, 2.75) is 16.7 Å². The Kier molecular flexibility index (Phi) is 4.43. The smallest absolute Gasteiger partial charge is 0.341 e. The number of rotatable bonds is 4. The zero-order chi connectivity index (χ0) is 15.6. The molecule has 2 rings (SSSR count). The average molecular weight is 321 g/mol. The van der Waals surface area contributed by atoms with E-state index in [1.807, 2.05) is 0 Å². The van der Waals surface area contributed by atoms with Gasteiger partial charge in [0.25, 0.3) is 0 Å². The highest BCUT2D eigenvalue weighted by molar-refractivity contribution is 7.91. The first-order valence-electron chi connectivity index (χ1n) is 6.03. The van der Waals surface area contributed by atoms with Crippen LogP contribution in [0.2, 0.25) is 0 Å². The van der Waals surface area contributed by atoms with Gasteiger partial charge < -0.3 is 14.7 Å². The van der Waals surface area contributed by atoms with Gasteiger partial charge in [0.15, 0.2) is 6.04 Å². The SMILES string of the molecule is O=C(O)C1COCCN1c1ccc(S(=O)(=O)C(F)F)cc1. The lowest BCUT2D eigenvalue weighted by molar-refractivity contribution is -0.141. The van der Waals surface area contributed by atoms with Gasteiger partial charge in [-0.05, 0) is 24.3 Å². The Balaban J connectivity index is 2.28. The summed E-state index contributed by atoms with van der Waals surface area (Å²) in [5.41, 5.74) is 0.443. The van der Waals surface area contributed by atoms with Crippen molar-refractivity contribution in [1.29, 1.82) is 0 Å². The van der Waals surface area contributed by atoms with Crippen LogP contribution in [0.3, 0.4) is 0 Å². The van der Waals surface area contributed by atoms with Crippen LogP contribution in [0.4, 0.5) is 14.5 Å². The first-order chi connectivity index (χ1) is 9.84. The zero-order valence-corrected chi connectivity index (χ0v) is 11.6. The molecule has 0 aliphatic carbocycles. The third-order valence-electron chi connectivity index (χ3n) is 3.14. The first-order valence-corrected chi connectivity index (χ1v) is 7.58. The van der Waals surface area contributed by atoms with Crippen LogP contribution in [0.15, 0.2) is 29.2 Å². The summed E-state index contributed by atoms with van der Waals surface area (Å²) in [6.07, 6.45) is 0. The Morgan fingerprint density at radius 3 is 2.48 bits per heavy atom. The molecule has 9 heteroatoms. The summed E-state index contributed by atoms with van der Waals surface area (Å²) in [5.74, 6) is -4.56. The average Bonchev–Trinajstić information content (AvgIpc) is 2.47. The fraction of sp³-hybridized carbons (Fsp3) is 0.417. The Morgan fingerprint density at radius 2 is 1.95 bits per heavy atom. The van der Waals surface area contributed by atoms with Crippen molar-refractivity contribution in [3.05, 3.63) is 24.3 Å². The lowest BCUT2D eigenvalue weighted by Crippen LogP contribution is -2.50. The van der Waals surface area contributed by atoms with E-state index in [1.54, 1.807) is 0 Å². The molecule has 0 spiro atoms. The van der Waals surface area contributed by atoms with Gasteiger partial charge in [-0.2, -0.15) is 8.78 Å². The van der Waals surface area contributed by atoms with Crippen molar-refractivity contribution < 1.29 is 31.8 Å². The second kappa shape index (κ2) is 5.94. The van der Waals surface area contributed by atoms with E-state index in [0.29, 0.717) is 18.8 Å². The van der Waals surface area contributed by atoms with Crippen molar-refractivity contribution in [3.8, 4) is 0 Å². The molecule has 0 aromatic heterocycles. The number of sulfone groups is 1. The van der Waals surface area contributed by atoms with Gasteiger partial charge in [-0.15, -0.1) is 0 Å². The molecule has 1 aromatic carbocycles. The predicted molar refractivity (Wildman–Crippen MR) is 69.2 cm³/mol. The highest BCUT2D eigenvalue weighted by Gasteiger charge is 2.30. The van der Waals surface area contributed by atoms with Crippen LogP contribution >= 0.6 is 0 Å². The molecular formula is C12H13F2NO5S. The summed E-state index contributed by atoms with van der Waals surface area (Å²) in [6, 6.07) is 3.83. The number of nitrogens with zero attached hydrogens (tertiary/aromatic N) is 1. The van der Waals surface area contributed by atoms with E-state index in [0.717, 1.165) is 12.1 Å². The number of morpholine rings is 1. The molecule has 6 nitrogen and oxygen atoms in total. The molecule has 1 fully saturated rings. The van der Waals surface area contributed by atoms with Gasteiger partial charge in [-0.1, -0.05) is 0 Å². The number of carbonyl (C=O) groups is 1. The van der Waals surface area contributed by atoms with Gasteiger partial charge in [-0.25, -0.2) is 13.2 Å². The number of benzene rings is 1. The molecule has 0 bridgehead atoms. The zero-order valence-electron chi connectivity index (χ0n) is 10.8. The topological polar surface area (TPSA) is 83.9 Å². The fourth-order valence-electron chi connectivity index (χ4n) is 2.05. The van der Waals surface area contributed by atoms with Crippen molar-refractivity contribution in [3.63, 3.8) is 0 Å². The predicted octanol–water partition coefficient (Wildman–Crippen LogP) is 0.973. The molecule has 1 heterocycles. The Morgan fingerprint density at radius 1 is 1.33 bits per heavy atom. The molecule has 0 radical (unpaired) electrons. The summed E-state index contributed by atoms with van der Waals surface area (Å²) in [6.45, 7) is 0.658. The van der Waals surface area contributed by atoms with E-state index >= 15 is 0 Å². The maximum Gasteiger partial charge on any atom is 0.341 e. The molecule has 1 N–H and O–H groups in total. The van der Waals surface area contributed by atoms with Crippen molar-refractivity contribution in [2.75, 3.05) is 24.7 Å². The lowest BCUT2D eigenvalue weighted by atomic mass is 10.2. The number of carboxylic acids is 1. The van der Waals surface area contributed by atoms with Gasteiger partial charge in [0.1, 0.15) is 0 Å². The van der Waals surface area contributed by atoms with E-state index in [4.69, 9.17) is 9.84 Å². The minimum atomic E-state index is -4.65. The normalized spacial score (nSPS) is 19.8. The number of ether oxygens (including phenoxy) is 1. The maximum absolute atomic E-state index is 12.4. The van der Waals surface area contributed by atoms with Crippen molar-refractivity contribution >= 4 is 21.5 Å². The quantitative estimate of drug-likeness (QED) is 0.890. The molecule has 0 saturated carbocycles. The van der Waals surface area contributed by atoms with Gasteiger partial charge in [-0.3, -0.25) is 0 Å². The highest BCUT2D eigenvalue weighted by Crippen LogP contribution is 2.24. The summed E-state index contributed by atoms with van der Waals surface area (Å²) in [4.78, 5) is 12.2. The van der Waals surface area contributed by atoms with E-state index in [-0.39, 0.29) is 6.61 Å². The van der Waals surface area contributed by atoms with Crippen LogP contribution in [0.1, 0.15) is 0 Å². The van der Waals surface area contributed by atoms with Crippen molar-refractivity contribution in [2.24, 2.45) is 0 Å². The Bertz CT molecular complexity index is 617. The number of carboxylic acid groups (broad SMARTS) is 1. The maximum atomic E-state index is 12.4. The number of anilines is 1. The van der Waals surface area contributed by atoms with Crippen LogP contribution in [0.25, 0.3) is 0 Å². The molecule has 116 valence electrons. The summed E-state index contributed by atoms with van der Waals surface area (Å²) in [7, 11) is -4.65. The molecule has 0 amide bonds. The second-order valence-corrected chi connectivity index (χ2v) is 6.34. The largest absolute Gasteiger partial charge is 0.480 e. The Hall–Kier alpha value is -1.74. The second-order valence-electron chi connectivity index (χ2n) is 4.42. The van der Waals surface area contributed by atoms with Gasteiger partial charge >= 0.3 is 11.7 Å². The molecule has 1 saturated heterocycles. The Labute approximate surface area is 119 Å². The summed E-state index contributed by atoms with van der Waals surface area (Å²) >= 11 is 0. The van der Waals surface area contributed by atoms with Crippen LogP contribution in [0, 0.1) is 0 Å². The molecule has 21 heavy (non-hydrogen) atoms. The molecule has 1 unspecified atom stereocenters. The summed E-state index contributed by atoms with van der Waals surface area (Å²) < 4.78 is 52.6. The molecule has 1 aliphatic rings. The minimum Gasteiger partial charge on any atom is -0.480 e. The van der Waals surface area contributed by atoms with Crippen LogP contribution in [-0.2, 0) is 19.4 Å². The number of hydrogen-bond donors (Lipinski definition) is 1. The van der Waals surface area contributed by atoms with E-state index < -0.39 is 32.5 Å². The van der Waals surface area contributed by atoms with Crippen LogP contribution < -0.4 is 4.90 Å².